The Morgan fingerprint density at radius 2 is 1.78 bits per heavy atom. The second kappa shape index (κ2) is 12.6. The van der Waals surface area contributed by atoms with Crippen LogP contribution in [-0.4, -0.2) is 30.2 Å². The molecular weight excluding hydrogens is 524 g/mol. The normalized spacial score (nSPS) is 11.2. The molecule has 214 valence electrons. The van der Waals surface area contributed by atoms with Gasteiger partial charge in [0.25, 0.3) is 0 Å². The molecule has 0 aliphatic rings. The van der Waals surface area contributed by atoms with Gasteiger partial charge in [-0.05, 0) is 80.8 Å². The summed E-state index contributed by atoms with van der Waals surface area (Å²) in [6, 6.07) is 18.3. The van der Waals surface area contributed by atoms with Crippen LogP contribution in [0.15, 0.2) is 71.3 Å². The Hall–Kier alpha value is -4.79. The maximum absolute atomic E-state index is 12.1. The van der Waals surface area contributed by atoms with E-state index in [0.717, 1.165) is 27.6 Å². The third-order valence-electron chi connectivity index (χ3n) is 6.07. The minimum atomic E-state index is -0.597. The number of carbonyl (C=O) groups excluding carboxylic acids is 3. The molecule has 0 atom stereocenters. The number of fused-ring (bicyclic) bond motifs is 1. The first-order valence-corrected chi connectivity index (χ1v) is 13.3. The maximum atomic E-state index is 12.1. The molecule has 2 amide bonds. The Bertz CT molecular complexity index is 1570. The van der Waals surface area contributed by atoms with Gasteiger partial charge >= 0.3 is 12.1 Å². The molecule has 4 aromatic rings. The first-order chi connectivity index (χ1) is 19.5. The third kappa shape index (κ3) is 7.88. The van der Waals surface area contributed by atoms with Crippen molar-refractivity contribution in [3.8, 4) is 16.9 Å². The van der Waals surface area contributed by atoms with E-state index in [1.165, 1.54) is 6.07 Å². The van der Waals surface area contributed by atoms with Crippen LogP contribution in [0.3, 0.4) is 0 Å². The van der Waals surface area contributed by atoms with E-state index in [2.05, 4.69) is 5.32 Å². The Morgan fingerprint density at radius 1 is 0.976 bits per heavy atom. The average molecular weight is 559 g/mol. The zero-order valence-electron chi connectivity index (χ0n) is 23.6. The van der Waals surface area contributed by atoms with E-state index in [9.17, 15) is 14.4 Å². The molecule has 3 aromatic carbocycles. The Morgan fingerprint density at radius 3 is 2.51 bits per heavy atom. The van der Waals surface area contributed by atoms with Crippen LogP contribution in [0.2, 0.25) is 0 Å². The van der Waals surface area contributed by atoms with Crippen LogP contribution in [0.5, 0.6) is 5.75 Å². The summed E-state index contributed by atoms with van der Waals surface area (Å²) in [6.45, 7) is 7.90. The number of primary amides is 1. The summed E-state index contributed by atoms with van der Waals surface area (Å²) in [5, 5.41) is 3.67. The Kier molecular flexibility index (Phi) is 8.97. The molecule has 0 fully saturated rings. The Labute approximate surface area is 238 Å². The molecule has 0 aliphatic carbocycles. The highest BCUT2D eigenvalue weighted by molar-refractivity contribution is 5.94. The summed E-state index contributed by atoms with van der Waals surface area (Å²) >= 11 is 0. The quantitative estimate of drug-likeness (QED) is 0.232. The van der Waals surface area contributed by atoms with E-state index in [0.29, 0.717) is 23.4 Å². The van der Waals surface area contributed by atoms with Crippen LogP contribution in [0.1, 0.15) is 54.7 Å². The smallest absolute Gasteiger partial charge is 0.407 e. The average Bonchev–Trinajstić information content (AvgIpc) is 3.39. The standard InChI is InChI=1S/C32H34N2O7/c1-5-38-28(35)17-23-9-10-25(30(33)36)16-27(23)40-19-21-14-24-11-12-39-29(24)26(15-21)22-8-6-7-20(13-22)18-34-31(37)41-32(2,3)4/h6-16H,5,17-19H2,1-4H3,(H2,33,36)(H,34,37). The van der Waals surface area contributed by atoms with Crippen molar-refractivity contribution in [3.05, 3.63) is 89.2 Å². The molecule has 9 nitrogen and oxygen atoms in total. The van der Waals surface area contributed by atoms with E-state index in [-0.39, 0.29) is 25.2 Å². The van der Waals surface area contributed by atoms with Crippen molar-refractivity contribution in [2.24, 2.45) is 5.73 Å². The number of nitrogens with two attached hydrogens (primary N) is 1. The number of ether oxygens (including phenoxy) is 3. The number of esters is 1. The van der Waals surface area contributed by atoms with Gasteiger partial charge in [-0.15, -0.1) is 0 Å². The first kappa shape index (κ1) is 29.2. The molecule has 1 aromatic heterocycles. The highest BCUT2D eigenvalue weighted by Crippen LogP contribution is 2.32. The van der Waals surface area contributed by atoms with Crippen LogP contribution in [-0.2, 0) is 33.8 Å². The zero-order valence-corrected chi connectivity index (χ0v) is 23.6. The number of alkyl carbamates (subject to hydrolysis) is 1. The van der Waals surface area contributed by atoms with Crippen LogP contribution < -0.4 is 15.8 Å². The van der Waals surface area contributed by atoms with Gasteiger partial charge < -0.3 is 29.7 Å². The van der Waals surface area contributed by atoms with E-state index in [4.69, 9.17) is 24.4 Å². The molecule has 0 bridgehead atoms. The molecule has 0 saturated carbocycles. The minimum Gasteiger partial charge on any atom is -0.489 e. The van der Waals surface area contributed by atoms with Crippen molar-refractivity contribution in [1.82, 2.24) is 5.32 Å². The molecule has 0 unspecified atom stereocenters. The molecule has 41 heavy (non-hydrogen) atoms. The molecule has 9 heteroatoms. The summed E-state index contributed by atoms with van der Waals surface area (Å²) in [5.74, 6) is -0.619. The molecule has 0 saturated heterocycles. The number of hydrogen-bond donors (Lipinski definition) is 2. The second-order valence-electron chi connectivity index (χ2n) is 10.5. The molecule has 0 radical (unpaired) electrons. The zero-order chi connectivity index (χ0) is 29.6. The van der Waals surface area contributed by atoms with Gasteiger partial charge in [0, 0.05) is 28.6 Å². The fourth-order valence-corrected chi connectivity index (χ4v) is 4.30. The van der Waals surface area contributed by atoms with Crippen LogP contribution in [0.25, 0.3) is 22.1 Å². The summed E-state index contributed by atoms with van der Waals surface area (Å²) in [5.41, 5.74) is 9.95. The predicted octanol–water partition coefficient (Wildman–Crippen LogP) is 5.91. The minimum absolute atomic E-state index is 0.00163. The van der Waals surface area contributed by atoms with Crippen LogP contribution >= 0.6 is 0 Å². The van der Waals surface area contributed by atoms with Crippen LogP contribution in [0, 0.1) is 0 Å². The highest BCUT2D eigenvalue weighted by Gasteiger charge is 2.17. The van der Waals surface area contributed by atoms with Crippen molar-refractivity contribution in [3.63, 3.8) is 0 Å². The van der Waals surface area contributed by atoms with Crippen molar-refractivity contribution >= 4 is 28.9 Å². The summed E-state index contributed by atoms with van der Waals surface area (Å²) in [6.07, 6.45) is 1.14. The number of benzene rings is 3. The monoisotopic (exact) mass is 558 g/mol. The van der Waals surface area contributed by atoms with E-state index >= 15 is 0 Å². The summed E-state index contributed by atoms with van der Waals surface area (Å²) in [4.78, 5) is 36.0. The lowest BCUT2D eigenvalue weighted by Crippen LogP contribution is -2.32. The topological polar surface area (TPSA) is 130 Å². The molecule has 0 spiro atoms. The SMILES string of the molecule is CCOC(=O)Cc1ccc(C(N)=O)cc1OCc1cc(-c2cccc(CNC(=O)OC(C)(C)C)c2)c2occc2c1. The lowest BCUT2D eigenvalue weighted by molar-refractivity contribution is -0.142. The van der Waals surface area contributed by atoms with Crippen molar-refractivity contribution < 1.29 is 33.0 Å². The lowest BCUT2D eigenvalue weighted by atomic mass is 9.99. The molecule has 0 aliphatic heterocycles. The maximum Gasteiger partial charge on any atom is 0.407 e. The fourth-order valence-electron chi connectivity index (χ4n) is 4.30. The predicted molar refractivity (Wildman–Crippen MR) is 154 cm³/mol. The van der Waals surface area contributed by atoms with Gasteiger partial charge in [-0.1, -0.05) is 24.3 Å². The highest BCUT2D eigenvalue weighted by atomic mass is 16.6. The van der Waals surface area contributed by atoms with Gasteiger partial charge in [-0.2, -0.15) is 0 Å². The number of amides is 2. The van der Waals surface area contributed by atoms with E-state index in [1.807, 2.05) is 63.2 Å². The third-order valence-corrected chi connectivity index (χ3v) is 6.07. The largest absolute Gasteiger partial charge is 0.489 e. The van der Waals surface area contributed by atoms with E-state index < -0.39 is 23.6 Å². The van der Waals surface area contributed by atoms with Gasteiger partial charge in [-0.3, -0.25) is 9.59 Å². The second-order valence-corrected chi connectivity index (χ2v) is 10.5. The Balaban J connectivity index is 1.58. The molecular formula is C32H34N2O7. The van der Waals surface area contributed by atoms with Gasteiger partial charge in [0.2, 0.25) is 5.91 Å². The summed E-state index contributed by atoms with van der Waals surface area (Å²) < 4.78 is 22.4. The van der Waals surface area contributed by atoms with Gasteiger partial charge in [0.05, 0.1) is 19.3 Å². The molecule has 4 rings (SSSR count). The number of hydrogen-bond acceptors (Lipinski definition) is 7. The molecule has 3 N–H and O–H groups in total. The fraction of sp³-hybridized carbons (Fsp3) is 0.281. The number of carbonyl (C=O) groups is 3. The number of furan rings is 1. The van der Waals surface area contributed by atoms with Gasteiger partial charge in [-0.25, -0.2) is 4.79 Å². The molecule has 1 heterocycles. The lowest BCUT2D eigenvalue weighted by Gasteiger charge is -2.19. The van der Waals surface area contributed by atoms with Gasteiger partial charge in [0.15, 0.2) is 0 Å². The number of nitrogens with one attached hydrogen (secondary N) is 1. The summed E-state index contributed by atoms with van der Waals surface area (Å²) in [7, 11) is 0. The van der Waals surface area contributed by atoms with E-state index in [1.54, 1.807) is 25.3 Å². The van der Waals surface area contributed by atoms with Crippen LogP contribution in [0.4, 0.5) is 4.79 Å². The van der Waals surface area contributed by atoms with Crippen molar-refractivity contribution in [2.45, 2.75) is 52.9 Å². The van der Waals surface area contributed by atoms with Crippen molar-refractivity contribution in [2.75, 3.05) is 6.61 Å². The number of rotatable bonds is 10. The van der Waals surface area contributed by atoms with Crippen molar-refractivity contribution in [1.29, 1.82) is 0 Å². The van der Waals surface area contributed by atoms with Gasteiger partial charge in [0.1, 0.15) is 23.5 Å². The first-order valence-electron chi connectivity index (χ1n) is 13.3.